The summed E-state index contributed by atoms with van der Waals surface area (Å²) in [5, 5.41) is 46.5. The summed E-state index contributed by atoms with van der Waals surface area (Å²) in [5.74, 6) is 0. The maximum absolute atomic E-state index is 9.74. The summed E-state index contributed by atoms with van der Waals surface area (Å²) in [6, 6.07) is -1.30. The van der Waals surface area contributed by atoms with Gasteiger partial charge in [0, 0.05) is 0 Å². The molecule has 260 valence electrons. The number of aliphatic hydroxyl groups excluding tert-OH is 5. The zero-order valence-corrected chi connectivity index (χ0v) is 28.5. The predicted octanol–water partition coefficient (Wildman–Crippen LogP) is 7.04. The van der Waals surface area contributed by atoms with Crippen LogP contribution in [-0.4, -0.2) is 69.1 Å². The first-order chi connectivity index (χ1) is 20.8. The highest BCUT2D eigenvalue weighted by atomic mass is 16.3. The molecule has 0 aliphatic rings. The van der Waals surface area contributed by atoms with Gasteiger partial charge in [-0.3, -0.25) is 0 Å². The van der Waals surface area contributed by atoms with E-state index in [9.17, 15) is 15.3 Å². The number of allylic oxidation sites excluding steroid dienone is 1. The van der Waals surface area contributed by atoms with Crippen LogP contribution >= 0.6 is 0 Å². The van der Waals surface area contributed by atoms with Crippen LogP contribution in [0.4, 0.5) is 0 Å². The van der Waals surface area contributed by atoms with Crippen LogP contribution in [0.5, 0.6) is 0 Å². The van der Waals surface area contributed by atoms with Gasteiger partial charge in [-0.1, -0.05) is 167 Å². The van der Waals surface area contributed by atoms with Gasteiger partial charge in [0.05, 0.1) is 43.6 Å². The summed E-state index contributed by atoms with van der Waals surface area (Å²) in [5.41, 5.74) is 11.0. The fraction of sp³-hybridized carbons (Fsp3) is 0.944. The zero-order valence-electron chi connectivity index (χ0n) is 28.5. The molecule has 0 fully saturated rings. The smallest absolute Gasteiger partial charge is 0.0971 e. The van der Waals surface area contributed by atoms with Gasteiger partial charge in [0.1, 0.15) is 0 Å². The van der Waals surface area contributed by atoms with Gasteiger partial charge in [-0.15, -0.1) is 0 Å². The van der Waals surface area contributed by atoms with E-state index < -0.39 is 30.4 Å². The summed E-state index contributed by atoms with van der Waals surface area (Å²) in [6.45, 7) is 4.04. The Bertz CT molecular complexity index is 552. The number of nitrogens with two attached hydrogens (primary N) is 2. The minimum Gasteiger partial charge on any atom is -0.395 e. The van der Waals surface area contributed by atoms with E-state index in [2.05, 4.69) is 13.8 Å². The van der Waals surface area contributed by atoms with E-state index in [0.717, 1.165) is 19.3 Å². The Morgan fingerprint density at radius 1 is 0.488 bits per heavy atom. The van der Waals surface area contributed by atoms with E-state index in [0.29, 0.717) is 6.42 Å². The van der Waals surface area contributed by atoms with Gasteiger partial charge < -0.3 is 37.0 Å². The molecular weight excluding hydrogens is 540 g/mol. The van der Waals surface area contributed by atoms with Crippen molar-refractivity contribution in [3.8, 4) is 0 Å². The van der Waals surface area contributed by atoms with Crippen molar-refractivity contribution in [3.05, 3.63) is 12.2 Å². The molecule has 0 radical (unpaired) electrons. The van der Waals surface area contributed by atoms with Gasteiger partial charge in [0.2, 0.25) is 0 Å². The van der Waals surface area contributed by atoms with Crippen molar-refractivity contribution in [1.82, 2.24) is 0 Å². The molecule has 0 saturated carbocycles. The third-order valence-corrected chi connectivity index (χ3v) is 8.35. The Labute approximate surface area is 266 Å². The Hall–Kier alpha value is -0.540. The molecule has 0 saturated heterocycles. The fourth-order valence-electron chi connectivity index (χ4n) is 5.17. The fourth-order valence-corrected chi connectivity index (χ4v) is 5.17. The molecular formula is C36H76N2O5. The van der Waals surface area contributed by atoms with Crippen molar-refractivity contribution in [1.29, 1.82) is 0 Å². The normalized spacial score (nSPS) is 15.2. The quantitative estimate of drug-likeness (QED) is 0.0326. The molecule has 0 aromatic carbocycles. The molecule has 2 unspecified atom stereocenters. The third kappa shape index (κ3) is 32.7. The molecule has 9 N–H and O–H groups in total. The molecule has 43 heavy (non-hydrogen) atoms. The average molecular weight is 617 g/mol. The number of aliphatic hydroxyl groups is 5. The Morgan fingerprint density at radius 3 is 1.21 bits per heavy atom. The Kier molecular flexibility index (Phi) is 37.3. The van der Waals surface area contributed by atoms with Gasteiger partial charge in [0.15, 0.2) is 0 Å². The molecule has 0 aliphatic carbocycles. The largest absolute Gasteiger partial charge is 0.395 e. The molecule has 0 aliphatic heterocycles. The van der Waals surface area contributed by atoms with Crippen LogP contribution in [0.2, 0.25) is 0 Å². The predicted molar refractivity (Wildman–Crippen MR) is 184 cm³/mol. The van der Waals surface area contributed by atoms with Crippen LogP contribution in [-0.2, 0) is 0 Å². The maximum Gasteiger partial charge on any atom is 0.0971 e. The molecule has 7 heteroatoms. The first-order valence-corrected chi connectivity index (χ1v) is 18.3. The summed E-state index contributed by atoms with van der Waals surface area (Å²) in [7, 11) is 0. The lowest BCUT2D eigenvalue weighted by atomic mass is 10.00. The van der Waals surface area contributed by atoms with Crippen LogP contribution in [0.25, 0.3) is 0 Å². The molecule has 5 atom stereocenters. The molecule has 7 nitrogen and oxygen atoms in total. The van der Waals surface area contributed by atoms with Crippen LogP contribution in [0, 0.1) is 0 Å². The summed E-state index contributed by atoms with van der Waals surface area (Å²) in [6.07, 6.45) is 32.9. The van der Waals surface area contributed by atoms with Crippen molar-refractivity contribution >= 4 is 0 Å². The van der Waals surface area contributed by atoms with E-state index in [1.54, 1.807) is 6.08 Å². The van der Waals surface area contributed by atoms with Crippen molar-refractivity contribution in [2.24, 2.45) is 11.5 Å². The Morgan fingerprint density at radius 2 is 0.837 bits per heavy atom. The van der Waals surface area contributed by atoms with Gasteiger partial charge >= 0.3 is 0 Å². The minimum absolute atomic E-state index is 0.177. The molecule has 0 amide bonds. The minimum atomic E-state index is -1.02. The highest BCUT2D eigenvalue weighted by Crippen LogP contribution is 2.15. The summed E-state index contributed by atoms with van der Waals surface area (Å²) in [4.78, 5) is 0. The maximum atomic E-state index is 9.74. The number of rotatable bonds is 31. The van der Waals surface area contributed by atoms with Crippen LogP contribution < -0.4 is 11.5 Å². The van der Waals surface area contributed by atoms with Crippen molar-refractivity contribution in [3.63, 3.8) is 0 Å². The standard InChI is InChI=1S/C18H39NO3.C18H37NO2/c1-2-3-4-5-6-7-8-9-10-11-12-13-14-17(21)18(22)16(19)15-20;1-2-3-4-5-6-7-8-9-10-11-12-13-14-15-18(21)17(19)16-20/h16-18,20-22H,2-15,19H2,1H3;14-15,17-18,20-21H,2-13,16,19H2,1H3/t16-,17+,18-;/m0./s1. The number of hydrogen-bond donors (Lipinski definition) is 7. The van der Waals surface area contributed by atoms with Gasteiger partial charge in [0.25, 0.3) is 0 Å². The second-order valence-corrected chi connectivity index (χ2v) is 12.7. The zero-order chi connectivity index (χ0) is 32.4. The van der Waals surface area contributed by atoms with Crippen molar-refractivity contribution < 1.29 is 25.5 Å². The van der Waals surface area contributed by atoms with E-state index in [1.807, 2.05) is 6.08 Å². The monoisotopic (exact) mass is 617 g/mol. The van der Waals surface area contributed by atoms with E-state index in [-0.39, 0.29) is 13.2 Å². The molecule has 0 aromatic heterocycles. The summed E-state index contributed by atoms with van der Waals surface area (Å²) >= 11 is 0. The van der Waals surface area contributed by atoms with Crippen LogP contribution in [0.15, 0.2) is 12.2 Å². The van der Waals surface area contributed by atoms with E-state index >= 15 is 0 Å². The Balaban J connectivity index is 0. The molecule has 0 heterocycles. The average Bonchev–Trinajstić information content (AvgIpc) is 3.02. The second kappa shape index (κ2) is 35.9. The van der Waals surface area contributed by atoms with Crippen molar-refractivity contribution in [2.75, 3.05) is 13.2 Å². The third-order valence-electron chi connectivity index (χ3n) is 8.35. The van der Waals surface area contributed by atoms with Gasteiger partial charge in [-0.2, -0.15) is 0 Å². The molecule has 0 bridgehead atoms. The lowest BCUT2D eigenvalue weighted by Gasteiger charge is -2.22. The van der Waals surface area contributed by atoms with E-state index in [1.165, 1.54) is 135 Å². The lowest BCUT2D eigenvalue weighted by molar-refractivity contribution is -0.0121. The van der Waals surface area contributed by atoms with Gasteiger partial charge in [-0.05, 0) is 19.3 Å². The second-order valence-electron chi connectivity index (χ2n) is 12.7. The number of unbranched alkanes of at least 4 members (excludes halogenated alkanes) is 22. The highest BCUT2D eigenvalue weighted by molar-refractivity contribution is 4.93. The first kappa shape index (κ1) is 44.6. The van der Waals surface area contributed by atoms with E-state index in [4.69, 9.17) is 21.7 Å². The highest BCUT2D eigenvalue weighted by Gasteiger charge is 2.22. The molecule has 0 spiro atoms. The lowest BCUT2D eigenvalue weighted by Crippen LogP contribution is -2.45. The van der Waals surface area contributed by atoms with Crippen LogP contribution in [0.3, 0.4) is 0 Å². The molecule has 0 aromatic rings. The van der Waals surface area contributed by atoms with Gasteiger partial charge in [-0.25, -0.2) is 0 Å². The van der Waals surface area contributed by atoms with Crippen LogP contribution in [0.1, 0.15) is 174 Å². The topological polar surface area (TPSA) is 153 Å². The summed E-state index contributed by atoms with van der Waals surface area (Å²) < 4.78 is 0. The SMILES string of the molecule is CCCCCCCCCCCCCC=CC(O)C(N)CO.CCCCCCCCCCCCCC[C@@H](O)[C@@H](O)[C@@H](N)CO. The number of hydrogen-bond acceptors (Lipinski definition) is 7. The molecule has 0 rings (SSSR count). The van der Waals surface area contributed by atoms with Crippen molar-refractivity contribution in [2.45, 2.75) is 205 Å². The first-order valence-electron chi connectivity index (χ1n) is 18.3.